The van der Waals surface area contributed by atoms with Gasteiger partial charge in [0.05, 0.1) is 15.3 Å². The highest BCUT2D eigenvalue weighted by molar-refractivity contribution is 7.90. The molecule has 0 aliphatic carbocycles. The van der Waals surface area contributed by atoms with E-state index in [-0.39, 0.29) is 16.1 Å². The van der Waals surface area contributed by atoms with Crippen molar-refractivity contribution in [2.45, 2.75) is 11.8 Å². The number of fused-ring (bicyclic) bond motifs is 1. The number of nitrogens with one attached hydrogen (secondary N) is 1. The fourth-order valence-electron chi connectivity index (χ4n) is 3.28. The van der Waals surface area contributed by atoms with Gasteiger partial charge in [-0.25, -0.2) is 0 Å². The van der Waals surface area contributed by atoms with E-state index >= 15 is 0 Å². The third-order valence-corrected chi connectivity index (χ3v) is 6.39. The predicted octanol–water partition coefficient (Wildman–Crippen LogP) is 1.90. The number of aromatic nitrogens is 2. The van der Waals surface area contributed by atoms with Crippen LogP contribution in [0.1, 0.15) is 5.56 Å². The summed E-state index contributed by atoms with van der Waals surface area (Å²) in [6.45, 7) is 4.73. The van der Waals surface area contributed by atoms with Crippen LogP contribution in [0.2, 0.25) is 0 Å². The molecule has 0 amide bonds. The Labute approximate surface area is 161 Å². The van der Waals surface area contributed by atoms with E-state index in [2.05, 4.69) is 10.4 Å². The number of nitrogens with zero attached hydrogens (tertiary/aromatic N) is 4. The first-order valence-corrected chi connectivity index (χ1v) is 10.3. The summed E-state index contributed by atoms with van der Waals surface area (Å²) < 4.78 is 27.4. The van der Waals surface area contributed by atoms with E-state index < -0.39 is 14.9 Å². The van der Waals surface area contributed by atoms with Crippen LogP contribution in [0.5, 0.6) is 0 Å². The van der Waals surface area contributed by atoms with Gasteiger partial charge in [-0.1, -0.05) is 17.7 Å². The van der Waals surface area contributed by atoms with Crippen LogP contribution in [-0.4, -0.2) is 48.7 Å². The molecule has 1 aromatic heterocycles. The van der Waals surface area contributed by atoms with Crippen LogP contribution in [0.4, 0.5) is 11.5 Å². The van der Waals surface area contributed by atoms with Gasteiger partial charge < -0.3 is 10.2 Å². The second kappa shape index (κ2) is 6.88. The van der Waals surface area contributed by atoms with Gasteiger partial charge in [0.15, 0.2) is 5.82 Å². The maximum absolute atomic E-state index is 13.2. The number of hydrogen-bond acceptors (Lipinski definition) is 7. The van der Waals surface area contributed by atoms with Crippen molar-refractivity contribution >= 4 is 32.4 Å². The fraction of sp³-hybridized carbons (Fsp3) is 0.278. The van der Waals surface area contributed by atoms with Crippen LogP contribution in [0.3, 0.4) is 0 Å². The van der Waals surface area contributed by atoms with Gasteiger partial charge in [0.25, 0.3) is 15.7 Å². The van der Waals surface area contributed by atoms with Crippen LogP contribution in [0.25, 0.3) is 10.9 Å². The summed E-state index contributed by atoms with van der Waals surface area (Å²) in [5.74, 6) is 0.516. The molecule has 0 radical (unpaired) electrons. The highest BCUT2D eigenvalue weighted by atomic mass is 32.2. The van der Waals surface area contributed by atoms with Crippen molar-refractivity contribution in [3.8, 4) is 0 Å². The highest BCUT2D eigenvalue weighted by Crippen LogP contribution is 2.32. The molecule has 2 aromatic carbocycles. The second-order valence-corrected chi connectivity index (χ2v) is 8.45. The average Bonchev–Trinajstić information content (AvgIpc) is 3.08. The third-order valence-electron chi connectivity index (χ3n) is 4.79. The van der Waals surface area contributed by atoms with E-state index in [1.165, 1.54) is 24.3 Å². The minimum absolute atomic E-state index is 0.0841. The lowest BCUT2D eigenvalue weighted by Gasteiger charge is -2.27. The van der Waals surface area contributed by atoms with Crippen LogP contribution in [-0.2, 0) is 10.0 Å². The molecule has 0 spiro atoms. The lowest BCUT2D eigenvalue weighted by molar-refractivity contribution is -0.384. The molecule has 0 unspecified atom stereocenters. The fourth-order valence-corrected chi connectivity index (χ4v) is 4.55. The Bertz CT molecular complexity index is 1150. The van der Waals surface area contributed by atoms with E-state index in [0.717, 1.165) is 22.7 Å². The maximum Gasteiger partial charge on any atom is 0.283 e. The smallest absolute Gasteiger partial charge is 0.283 e. The molecule has 1 saturated heterocycles. The Morgan fingerprint density at radius 1 is 1.11 bits per heavy atom. The molecule has 0 bridgehead atoms. The summed E-state index contributed by atoms with van der Waals surface area (Å²) in [6, 6.07) is 10.6. The summed E-state index contributed by atoms with van der Waals surface area (Å²) in [5.41, 5.74) is 0.948. The third kappa shape index (κ3) is 3.10. The molecule has 9 nitrogen and oxygen atoms in total. The quantitative estimate of drug-likeness (QED) is 0.525. The van der Waals surface area contributed by atoms with Gasteiger partial charge in [-0.05, 0) is 25.1 Å². The van der Waals surface area contributed by atoms with E-state index in [1.807, 2.05) is 11.8 Å². The van der Waals surface area contributed by atoms with Crippen molar-refractivity contribution in [2.24, 2.45) is 0 Å². The first-order chi connectivity index (χ1) is 13.4. The van der Waals surface area contributed by atoms with Crippen LogP contribution >= 0.6 is 0 Å². The van der Waals surface area contributed by atoms with E-state index in [4.69, 9.17) is 0 Å². The Balaban J connectivity index is 1.94. The Morgan fingerprint density at radius 3 is 2.43 bits per heavy atom. The molecule has 10 heteroatoms. The lowest BCUT2D eigenvalue weighted by Crippen LogP contribution is -2.43. The lowest BCUT2D eigenvalue weighted by atomic mass is 10.2. The number of anilines is 1. The zero-order valence-corrected chi connectivity index (χ0v) is 16.0. The maximum atomic E-state index is 13.2. The van der Waals surface area contributed by atoms with Crippen LogP contribution in [0, 0.1) is 17.0 Å². The monoisotopic (exact) mass is 401 g/mol. The summed E-state index contributed by atoms with van der Waals surface area (Å²) in [6.07, 6.45) is 0. The predicted molar refractivity (Wildman–Crippen MR) is 105 cm³/mol. The van der Waals surface area contributed by atoms with Crippen molar-refractivity contribution in [1.29, 1.82) is 0 Å². The van der Waals surface area contributed by atoms with E-state index in [9.17, 15) is 18.5 Å². The Morgan fingerprint density at radius 2 is 1.79 bits per heavy atom. The van der Waals surface area contributed by atoms with Crippen LogP contribution < -0.4 is 10.2 Å². The van der Waals surface area contributed by atoms with Gasteiger partial charge in [0, 0.05) is 43.7 Å². The number of hydrogen-bond donors (Lipinski definition) is 1. The molecule has 4 rings (SSSR count). The molecule has 2 heterocycles. The molecule has 0 saturated carbocycles. The second-order valence-electron chi connectivity index (χ2n) is 6.68. The number of nitro groups is 1. The molecular formula is C18H19N5O4S. The molecule has 1 aliphatic heterocycles. The molecule has 28 heavy (non-hydrogen) atoms. The molecule has 1 N–H and O–H groups in total. The van der Waals surface area contributed by atoms with Gasteiger partial charge in [0.1, 0.15) is 0 Å². The number of aryl methyl sites for hydroxylation is 1. The number of rotatable bonds is 4. The first-order valence-electron chi connectivity index (χ1n) is 8.83. The van der Waals surface area contributed by atoms with Gasteiger partial charge in [-0.3, -0.25) is 10.1 Å². The van der Waals surface area contributed by atoms with E-state index in [1.54, 1.807) is 18.2 Å². The minimum atomic E-state index is -4.00. The van der Waals surface area contributed by atoms with Crippen molar-refractivity contribution in [3.63, 3.8) is 0 Å². The zero-order valence-electron chi connectivity index (χ0n) is 15.2. The summed E-state index contributed by atoms with van der Waals surface area (Å²) >= 11 is 0. The number of piperazine rings is 1. The summed E-state index contributed by atoms with van der Waals surface area (Å²) in [7, 11) is -4.00. The molecule has 146 valence electrons. The van der Waals surface area contributed by atoms with Crippen LogP contribution in [0.15, 0.2) is 47.4 Å². The van der Waals surface area contributed by atoms with E-state index in [0.29, 0.717) is 24.3 Å². The van der Waals surface area contributed by atoms with Gasteiger partial charge >= 0.3 is 0 Å². The number of non-ortho nitro benzene ring substituents is 1. The number of nitro benzene ring substituents is 1. The topological polar surface area (TPSA) is 110 Å². The largest absolute Gasteiger partial charge is 0.352 e. The average molecular weight is 401 g/mol. The Kier molecular flexibility index (Phi) is 4.52. The normalized spacial score (nSPS) is 15.1. The minimum Gasteiger partial charge on any atom is -0.352 e. The molecule has 1 aliphatic rings. The Hall–Kier alpha value is -2.98. The zero-order chi connectivity index (χ0) is 19.9. The summed E-state index contributed by atoms with van der Waals surface area (Å²) in [5, 5.41) is 19.4. The van der Waals surface area contributed by atoms with Gasteiger partial charge in [-0.15, -0.1) is 5.10 Å². The summed E-state index contributed by atoms with van der Waals surface area (Å²) in [4.78, 5) is 12.8. The standard InChI is InChI=1S/C18H19N5O4S/c1-13-2-5-15(6-3-13)28(26,27)22-17-12-14(23(24)25)4-7-16(17)18(20-22)21-10-8-19-9-11-21/h2-7,12,19H,8-11H2,1H3. The molecule has 3 aromatic rings. The first kappa shape index (κ1) is 18.4. The van der Waals surface area contributed by atoms with Gasteiger partial charge in [0.2, 0.25) is 0 Å². The SMILES string of the molecule is Cc1ccc(S(=O)(=O)n2nc(N3CCNCC3)c3ccc([N+](=O)[O-])cc32)cc1. The molecule has 0 atom stereocenters. The van der Waals surface area contributed by atoms with Gasteiger partial charge in [-0.2, -0.15) is 12.5 Å². The number of benzene rings is 2. The van der Waals surface area contributed by atoms with Crippen molar-refractivity contribution in [1.82, 2.24) is 14.5 Å². The van der Waals surface area contributed by atoms with Crippen molar-refractivity contribution < 1.29 is 13.3 Å². The van der Waals surface area contributed by atoms with Crippen molar-refractivity contribution in [2.75, 3.05) is 31.1 Å². The molecule has 1 fully saturated rings. The highest BCUT2D eigenvalue weighted by Gasteiger charge is 2.27. The molecular weight excluding hydrogens is 382 g/mol. The van der Waals surface area contributed by atoms with Crippen molar-refractivity contribution in [3.05, 3.63) is 58.1 Å².